The number of aromatic nitrogens is 4. The number of thiophene rings is 1. The Morgan fingerprint density at radius 2 is 2.37 bits per heavy atom. The highest BCUT2D eigenvalue weighted by Crippen LogP contribution is 2.38. The van der Waals surface area contributed by atoms with Gasteiger partial charge >= 0.3 is 0 Å². The van der Waals surface area contributed by atoms with Crippen LogP contribution >= 0.6 is 11.3 Å². The van der Waals surface area contributed by atoms with E-state index in [-0.39, 0.29) is 12.1 Å². The van der Waals surface area contributed by atoms with E-state index in [1.807, 2.05) is 11.4 Å². The van der Waals surface area contributed by atoms with Crippen molar-refractivity contribution in [1.82, 2.24) is 19.7 Å². The second kappa shape index (κ2) is 3.99. The van der Waals surface area contributed by atoms with Gasteiger partial charge in [0.15, 0.2) is 5.82 Å². The molecule has 1 fully saturated rings. The van der Waals surface area contributed by atoms with E-state index in [1.165, 1.54) is 22.2 Å². The van der Waals surface area contributed by atoms with Crippen molar-refractivity contribution in [2.24, 2.45) is 0 Å². The van der Waals surface area contributed by atoms with Crippen LogP contribution in [0.3, 0.4) is 0 Å². The first-order chi connectivity index (χ1) is 9.31. The van der Waals surface area contributed by atoms with Gasteiger partial charge in [-0.1, -0.05) is 5.16 Å². The van der Waals surface area contributed by atoms with Crippen LogP contribution in [0, 0.1) is 0 Å². The van der Waals surface area contributed by atoms with Crippen LogP contribution in [0.4, 0.5) is 0 Å². The van der Waals surface area contributed by atoms with Crippen LogP contribution in [0.2, 0.25) is 0 Å². The predicted molar refractivity (Wildman–Crippen MR) is 69.3 cm³/mol. The Labute approximate surface area is 111 Å². The zero-order valence-corrected chi connectivity index (χ0v) is 10.8. The van der Waals surface area contributed by atoms with Gasteiger partial charge in [-0.15, -0.1) is 11.3 Å². The van der Waals surface area contributed by atoms with Crippen molar-refractivity contribution in [3.05, 3.63) is 39.8 Å². The summed E-state index contributed by atoms with van der Waals surface area (Å²) in [7, 11) is 0. The Bertz CT molecular complexity index is 799. The predicted octanol–water partition coefficient (Wildman–Crippen LogP) is 1.77. The molecule has 0 amide bonds. The maximum atomic E-state index is 12.2. The molecule has 0 bridgehead atoms. The SMILES string of the molecule is O=c1c2sccc2ncn1Cc1nc(C2CC2)no1. The van der Waals surface area contributed by atoms with Gasteiger partial charge < -0.3 is 4.52 Å². The van der Waals surface area contributed by atoms with E-state index in [0.29, 0.717) is 16.5 Å². The highest BCUT2D eigenvalue weighted by Gasteiger charge is 2.28. The summed E-state index contributed by atoms with van der Waals surface area (Å²) in [6.07, 6.45) is 3.78. The van der Waals surface area contributed by atoms with Crippen LogP contribution in [0.25, 0.3) is 10.2 Å². The Balaban J connectivity index is 1.69. The molecule has 6 nitrogen and oxygen atoms in total. The molecule has 3 heterocycles. The number of rotatable bonds is 3. The maximum absolute atomic E-state index is 12.2. The third-order valence-electron chi connectivity index (χ3n) is 3.17. The lowest BCUT2D eigenvalue weighted by atomic mass is 10.4. The summed E-state index contributed by atoms with van der Waals surface area (Å²) in [5, 5.41) is 5.80. The molecule has 19 heavy (non-hydrogen) atoms. The molecule has 96 valence electrons. The van der Waals surface area contributed by atoms with Crippen LogP contribution in [-0.2, 0) is 6.54 Å². The smallest absolute Gasteiger partial charge is 0.271 e. The molecule has 1 saturated carbocycles. The zero-order valence-electron chi connectivity index (χ0n) is 9.94. The average Bonchev–Trinajstić information content (AvgIpc) is 2.98. The van der Waals surface area contributed by atoms with Crippen molar-refractivity contribution < 1.29 is 4.52 Å². The molecule has 3 aromatic rings. The fourth-order valence-corrected chi connectivity index (χ4v) is 2.77. The normalized spacial score (nSPS) is 15.2. The third-order valence-corrected chi connectivity index (χ3v) is 4.06. The molecule has 0 aromatic carbocycles. The molecule has 3 aromatic heterocycles. The van der Waals surface area contributed by atoms with Crippen molar-refractivity contribution in [3.8, 4) is 0 Å². The minimum absolute atomic E-state index is 0.0637. The Morgan fingerprint density at radius 3 is 3.21 bits per heavy atom. The van der Waals surface area contributed by atoms with Crippen molar-refractivity contribution in [2.75, 3.05) is 0 Å². The molecule has 4 rings (SSSR count). The Morgan fingerprint density at radius 1 is 1.47 bits per heavy atom. The van der Waals surface area contributed by atoms with Crippen LogP contribution in [0.15, 0.2) is 27.1 Å². The Hall–Kier alpha value is -2.02. The van der Waals surface area contributed by atoms with Gasteiger partial charge in [-0.25, -0.2) is 4.98 Å². The molecule has 1 aliphatic rings. The van der Waals surface area contributed by atoms with Gasteiger partial charge in [0.1, 0.15) is 11.2 Å². The summed E-state index contributed by atoms with van der Waals surface area (Å²) in [4.78, 5) is 20.7. The van der Waals surface area contributed by atoms with Gasteiger partial charge in [-0.3, -0.25) is 9.36 Å². The molecular weight excluding hydrogens is 264 g/mol. The molecule has 7 heteroatoms. The lowest BCUT2D eigenvalue weighted by Gasteiger charge is -2.00. The van der Waals surface area contributed by atoms with E-state index < -0.39 is 0 Å². The quantitative estimate of drug-likeness (QED) is 0.727. The van der Waals surface area contributed by atoms with Crippen LogP contribution < -0.4 is 5.56 Å². The lowest BCUT2D eigenvalue weighted by molar-refractivity contribution is 0.364. The van der Waals surface area contributed by atoms with E-state index in [9.17, 15) is 4.79 Å². The van der Waals surface area contributed by atoms with E-state index in [0.717, 1.165) is 24.2 Å². The zero-order chi connectivity index (χ0) is 12.8. The average molecular weight is 274 g/mol. The van der Waals surface area contributed by atoms with Gasteiger partial charge in [-0.05, 0) is 24.3 Å². The Kier molecular flexibility index (Phi) is 2.28. The van der Waals surface area contributed by atoms with Gasteiger partial charge in [0, 0.05) is 5.92 Å². The van der Waals surface area contributed by atoms with Crippen molar-refractivity contribution >= 4 is 21.6 Å². The second-order valence-corrected chi connectivity index (χ2v) is 5.55. The topological polar surface area (TPSA) is 73.8 Å². The molecule has 1 aliphatic carbocycles. The van der Waals surface area contributed by atoms with E-state index >= 15 is 0 Å². The molecule has 0 atom stereocenters. The number of hydrogen-bond acceptors (Lipinski definition) is 6. The summed E-state index contributed by atoms with van der Waals surface area (Å²) in [6, 6.07) is 1.84. The monoisotopic (exact) mass is 274 g/mol. The van der Waals surface area contributed by atoms with Crippen LogP contribution in [-0.4, -0.2) is 19.7 Å². The molecule has 0 aliphatic heterocycles. The maximum Gasteiger partial charge on any atom is 0.271 e. The first-order valence-corrected chi connectivity index (χ1v) is 6.94. The van der Waals surface area contributed by atoms with Crippen molar-refractivity contribution in [3.63, 3.8) is 0 Å². The summed E-state index contributed by atoms with van der Waals surface area (Å²) < 4.78 is 7.33. The van der Waals surface area contributed by atoms with Gasteiger partial charge in [-0.2, -0.15) is 4.98 Å². The highest BCUT2D eigenvalue weighted by atomic mass is 32.1. The minimum Gasteiger partial charge on any atom is -0.337 e. The number of hydrogen-bond donors (Lipinski definition) is 0. The molecular formula is C12H10N4O2S. The molecule has 0 saturated heterocycles. The summed E-state index contributed by atoms with van der Waals surface area (Å²) in [6.45, 7) is 0.277. The van der Waals surface area contributed by atoms with Crippen molar-refractivity contribution in [1.29, 1.82) is 0 Å². The van der Waals surface area contributed by atoms with E-state index in [4.69, 9.17) is 4.52 Å². The summed E-state index contributed by atoms with van der Waals surface area (Å²) in [5.74, 6) is 1.67. The second-order valence-electron chi connectivity index (χ2n) is 4.63. The fourth-order valence-electron chi connectivity index (χ4n) is 1.98. The van der Waals surface area contributed by atoms with Crippen LogP contribution in [0.1, 0.15) is 30.5 Å². The standard InChI is InChI=1S/C12H10N4O2S/c17-12-10-8(3-4-19-10)13-6-16(12)5-9-14-11(15-18-9)7-1-2-7/h3-4,6-7H,1-2,5H2. The molecule has 0 spiro atoms. The summed E-state index contributed by atoms with van der Waals surface area (Å²) >= 11 is 1.40. The highest BCUT2D eigenvalue weighted by molar-refractivity contribution is 7.17. The van der Waals surface area contributed by atoms with Crippen molar-refractivity contribution in [2.45, 2.75) is 25.3 Å². The molecule has 0 N–H and O–H groups in total. The lowest BCUT2D eigenvalue weighted by Crippen LogP contribution is -2.20. The van der Waals surface area contributed by atoms with Gasteiger partial charge in [0.2, 0.25) is 5.89 Å². The van der Waals surface area contributed by atoms with Crippen LogP contribution in [0.5, 0.6) is 0 Å². The number of nitrogens with zero attached hydrogens (tertiary/aromatic N) is 4. The first-order valence-electron chi connectivity index (χ1n) is 6.06. The summed E-state index contributed by atoms with van der Waals surface area (Å²) in [5.41, 5.74) is 0.668. The van der Waals surface area contributed by atoms with E-state index in [1.54, 1.807) is 0 Å². The first kappa shape index (κ1) is 10.9. The minimum atomic E-state index is -0.0637. The fraction of sp³-hybridized carbons (Fsp3) is 0.333. The molecule has 0 unspecified atom stereocenters. The van der Waals surface area contributed by atoms with E-state index in [2.05, 4.69) is 15.1 Å². The molecule has 0 radical (unpaired) electrons. The largest absolute Gasteiger partial charge is 0.337 e. The number of fused-ring (bicyclic) bond motifs is 1. The van der Waals surface area contributed by atoms with Gasteiger partial charge in [0.25, 0.3) is 5.56 Å². The third kappa shape index (κ3) is 1.86. The van der Waals surface area contributed by atoms with Gasteiger partial charge in [0.05, 0.1) is 11.8 Å².